The average molecular weight is 424 g/mol. The summed E-state index contributed by atoms with van der Waals surface area (Å²) < 4.78 is 11.6. The van der Waals surface area contributed by atoms with Crippen LogP contribution in [0.1, 0.15) is 37.7 Å². The maximum atomic E-state index is 8.65. The maximum absolute atomic E-state index is 8.65. The number of anilines is 1. The molecule has 0 amide bonds. The Morgan fingerprint density at radius 1 is 0.968 bits per heavy atom. The highest BCUT2D eigenvalue weighted by Gasteiger charge is 2.19. The smallest absolute Gasteiger partial charge is 0.163 e. The minimum Gasteiger partial charge on any atom is -0.493 e. The molecule has 1 saturated carbocycles. The number of likely N-dealkylation sites (N-methyl/N-ethyl adjacent to an activating group) is 2. The minimum absolute atomic E-state index is 0.316. The highest BCUT2D eigenvalue weighted by atomic mass is 16.5. The molecule has 0 spiro atoms. The number of hydrogen-bond acceptors (Lipinski definition) is 5. The van der Waals surface area contributed by atoms with Gasteiger partial charge in [-0.3, -0.25) is 0 Å². The molecular weight excluding hydrogens is 386 g/mol. The molecule has 1 aliphatic rings. The van der Waals surface area contributed by atoms with Gasteiger partial charge < -0.3 is 19.3 Å². The van der Waals surface area contributed by atoms with Gasteiger partial charge in [-0.2, -0.15) is 5.26 Å². The Kier molecular flexibility index (Phi) is 10.7. The molecule has 0 heterocycles. The van der Waals surface area contributed by atoms with E-state index in [0.29, 0.717) is 12.5 Å². The molecule has 3 rings (SSSR count). The van der Waals surface area contributed by atoms with Gasteiger partial charge in [-0.1, -0.05) is 35.9 Å². The molecular formula is C26H37N3O2. The van der Waals surface area contributed by atoms with Gasteiger partial charge >= 0.3 is 0 Å². The summed E-state index contributed by atoms with van der Waals surface area (Å²) in [5.41, 5.74) is 2.44. The molecule has 0 radical (unpaired) electrons. The predicted octanol–water partition coefficient (Wildman–Crippen LogP) is 5.29. The van der Waals surface area contributed by atoms with Crippen LogP contribution in [0.3, 0.4) is 0 Å². The quantitative estimate of drug-likeness (QED) is 0.548. The summed E-state index contributed by atoms with van der Waals surface area (Å²) in [6, 6.07) is 18.6. The molecule has 168 valence electrons. The van der Waals surface area contributed by atoms with Crippen molar-refractivity contribution in [2.24, 2.45) is 0 Å². The van der Waals surface area contributed by atoms with E-state index in [0.717, 1.165) is 49.7 Å². The van der Waals surface area contributed by atoms with Crippen molar-refractivity contribution in [3.8, 4) is 17.6 Å². The molecule has 0 unspecified atom stereocenters. The van der Waals surface area contributed by atoms with Crippen molar-refractivity contribution in [3.63, 3.8) is 0 Å². The fraction of sp³-hybridized carbons (Fsp3) is 0.500. The molecule has 5 heteroatoms. The van der Waals surface area contributed by atoms with Crippen LogP contribution in [0.25, 0.3) is 0 Å². The summed E-state index contributed by atoms with van der Waals surface area (Å²) in [5, 5.41) is 8.65. The fourth-order valence-electron chi connectivity index (χ4n) is 3.52. The van der Waals surface area contributed by atoms with E-state index in [9.17, 15) is 0 Å². The van der Waals surface area contributed by atoms with E-state index in [2.05, 4.69) is 54.1 Å². The average Bonchev–Trinajstić information content (AvgIpc) is 3.30. The lowest BCUT2D eigenvalue weighted by molar-refractivity contribution is 0.201. The van der Waals surface area contributed by atoms with Gasteiger partial charge in [-0.15, -0.1) is 0 Å². The standard InChI is InChI=1S/C19H29N3O2.C7H8/c1-21(12-6-11-20)13-14-22(2)16-9-10-18(23-3)19(15-16)24-17-7-4-5-8-17;1-7-5-3-2-4-6-7/h9-10,15,17H,4-8,12-14H2,1-3H3;2-6H,1H3. The Hall–Kier alpha value is -2.71. The van der Waals surface area contributed by atoms with Gasteiger partial charge in [0.25, 0.3) is 0 Å². The summed E-state index contributed by atoms with van der Waals surface area (Å²) in [6.45, 7) is 4.71. The van der Waals surface area contributed by atoms with Gasteiger partial charge in [-0.05, 0) is 51.8 Å². The zero-order valence-electron chi connectivity index (χ0n) is 19.5. The van der Waals surface area contributed by atoms with Gasteiger partial charge in [0, 0.05) is 44.9 Å². The van der Waals surface area contributed by atoms with E-state index in [1.807, 2.05) is 31.3 Å². The molecule has 5 nitrogen and oxygen atoms in total. The van der Waals surface area contributed by atoms with Crippen LogP contribution in [-0.4, -0.2) is 51.8 Å². The summed E-state index contributed by atoms with van der Waals surface area (Å²) >= 11 is 0. The molecule has 0 N–H and O–H groups in total. The third-order valence-electron chi connectivity index (χ3n) is 5.55. The Morgan fingerprint density at radius 2 is 1.68 bits per heavy atom. The molecule has 2 aromatic rings. The van der Waals surface area contributed by atoms with Crippen LogP contribution >= 0.6 is 0 Å². The fourth-order valence-corrected chi connectivity index (χ4v) is 3.52. The number of nitrogens with zero attached hydrogens (tertiary/aromatic N) is 3. The number of rotatable bonds is 9. The lowest BCUT2D eigenvalue weighted by Crippen LogP contribution is -2.31. The van der Waals surface area contributed by atoms with Crippen molar-refractivity contribution in [2.45, 2.75) is 45.1 Å². The first-order chi connectivity index (χ1) is 15.0. The van der Waals surface area contributed by atoms with Crippen molar-refractivity contribution >= 4 is 5.69 Å². The first-order valence-electron chi connectivity index (χ1n) is 11.2. The van der Waals surface area contributed by atoms with Crippen molar-refractivity contribution in [2.75, 3.05) is 45.7 Å². The van der Waals surface area contributed by atoms with Crippen molar-refractivity contribution in [1.29, 1.82) is 5.26 Å². The largest absolute Gasteiger partial charge is 0.493 e. The summed E-state index contributed by atoms with van der Waals surface area (Å²) in [6.07, 6.45) is 5.65. The summed E-state index contributed by atoms with van der Waals surface area (Å²) in [4.78, 5) is 4.39. The molecule has 0 bridgehead atoms. The van der Waals surface area contributed by atoms with Crippen LogP contribution in [0.2, 0.25) is 0 Å². The number of aryl methyl sites for hydroxylation is 1. The number of methoxy groups -OCH3 is 1. The van der Waals surface area contributed by atoms with Crippen molar-refractivity contribution in [1.82, 2.24) is 4.90 Å². The van der Waals surface area contributed by atoms with Crippen molar-refractivity contribution in [3.05, 3.63) is 54.1 Å². The van der Waals surface area contributed by atoms with Gasteiger partial charge in [0.2, 0.25) is 0 Å². The van der Waals surface area contributed by atoms with Crippen LogP contribution in [0.5, 0.6) is 11.5 Å². The monoisotopic (exact) mass is 423 g/mol. The molecule has 0 aromatic heterocycles. The normalized spacial score (nSPS) is 13.3. The van der Waals surface area contributed by atoms with Gasteiger partial charge in [0.15, 0.2) is 11.5 Å². The zero-order chi connectivity index (χ0) is 22.5. The highest BCUT2D eigenvalue weighted by molar-refractivity contribution is 5.56. The number of benzene rings is 2. The van der Waals surface area contributed by atoms with Crippen LogP contribution in [0.15, 0.2) is 48.5 Å². The number of hydrogen-bond donors (Lipinski definition) is 0. The van der Waals surface area contributed by atoms with Gasteiger partial charge in [0.1, 0.15) is 0 Å². The highest BCUT2D eigenvalue weighted by Crippen LogP contribution is 2.34. The minimum atomic E-state index is 0.316. The summed E-state index contributed by atoms with van der Waals surface area (Å²) in [7, 11) is 5.82. The van der Waals surface area contributed by atoms with E-state index < -0.39 is 0 Å². The molecule has 0 aliphatic heterocycles. The topological polar surface area (TPSA) is 48.7 Å². The second-order valence-electron chi connectivity index (χ2n) is 8.15. The van der Waals surface area contributed by atoms with E-state index in [1.165, 1.54) is 18.4 Å². The Labute approximate surface area is 188 Å². The Bertz CT molecular complexity index is 798. The SMILES string of the molecule is COc1ccc(N(C)CCN(C)CCC#N)cc1OC1CCCC1.Cc1ccccc1. The third kappa shape index (κ3) is 8.90. The third-order valence-corrected chi connectivity index (χ3v) is 5.55. The van der Waals surface area contributed by atoms with Crippen LogP contribution in [0.4, 0.5) is 5.69 Å². The lowest BCUT2D eigenvalue weighted by atomic mass is 10.2. The predicted molar refractivity (Wildman–Crippen MR) is 128 cm³/mol. The number of ether oxygens (including phenoxy) is 2. The van der Waals surface area contributed by atoms with Crippen LogP contribution in [-0.2, 0) is 0 Å². The molecule has 2 aromatic carbocycles. The van der Waals surface area contributed by atoms with E-state index >= 15 is 0 Å². The Balaban J connectivity index is 0.000000412. The first-order valence-corrected chi connectivity index (χ1v) is 11.2. The van der Waals surface area contributed by atoms with E-state index in [1.54, 1.807) is 7.11 Å². The van der Waals surface area contributed by atoms with Gasteiger partial charge in [-0.25, -0.2) is 0 Å². The second kappa shape index (κ2) is 13.6. The van der Waals surface area contributed by atoms with Gasteiger partial charge in [0.05, 0.1) is 19.3 Å². The number of nitriles is 1. The Morgan fingerprint density at radius 3 is 2.26 bits per heavy atom. The lowest BCUT2D eigenvalue weighted by Gasteiger charge is -2.24. The molecule has 0 atom stereocenters. The van der Waals surface area contributed by atoms with Crippen molar-refractivity contribution < 1.29 is 9.47 Å². The molecule has 0 saturated heterocycles. The van der Waals surface area contributed by atoms with Crippen LogP contribution in [0, 0.1) is 18.3 Å². The summed E-state index contributed by atoms with van der Waals surface area (Å²) in [5.74, 6) is 1.64. The molecule has 1 aliphatic carbocycles. The van der Waals surface area contributed by atoms with E-state index in [-0.39, 0.29) is 0 Å². The van der Waals surface area contributed by atoms with E-state index in [4.69, 9.17) is 14.7 Å². The molecule has 31 heavy (non-hydrogen) atoms. The first kappa shape index (κ1) is 24.6. The molecule has 1 fully saturated rings. The second-order valence-corrected chi connectivity index (χ2v) is 8.15. The van der Waals surface area contributed by atoms with Crippen LogP contribution < -0.4 is 14.4 Å². The maximum Gasteiger partial charge on any atom is 0.163 e. The zero-order valence-corrected chi connectivity index (χ0v) is 19.5.